The van der Waals surface area contributed by atoms with Crippen LogP contribution in [-0.4, -0.2) is 69.1 Å². The van der Waals surface area contributed by atoms with Crippen LogP contribution in [0.4, 0.5) is 0 Å². The molecular weight excluding hydrogens is 310 g/mol. The molecule has 24 heavy (non-hydrogen) atoms. The summed E-state index contributed by atoms with van der Waals surface area (Å²) in [5.74, 6) is 0.755. The molecule has 0 aromatic heterocycles. The third-order valence-electron chi connectivity index (χ3n) is 4.69. The zero-order valence-corrected chi connectivity index (χ0v) is 14.3. The largest absolute Gasteiger partial charge is 0.497 e. The number of hydrogen-bond donors (Lipinski definition) is 0. The van der Waals surface area contributed by atoms with Crippen molar-refractivity contribution in [1.82, 2.24) is 4.90 Å². The van der Waals surface area contributed by atoms with Crippen molar-refractivity contribution in [2.24, 2.45) is 0 Å². The van der Waals surface area contributed by atoms with E-state index in [4.69, 9.17) is 18.9 Å². The van der Waals surface area contributed by atoms with Gasteiger partial charge in [0, 0.05) is 25.1 Å². The van der Waals surface area contributed by atoms with Crippen LogP contribution in [-0.2, 0) is 14.2 Å². The number of benzene rings is 1. The average Bonchev–Trinajstić information content (AvgIpc) is 3.03. The van der Waals surface area contributed by atoms with Crippen LogP contribution < -0.4 is 4.74 Å². The zero-order chi connectivity index (χ0) is 17.0. The van der Waals surface area contributed by atoms with Gasteiger partial charge in [0.25, 0.3) is 5.91 Å². The molecule has 1 aromatic rings. The highest BCUT2D eigenvalue weighted by atomic mass is 16.5. The summed E-state index contributed by atoms with van der Waals surface area (Å²) in [6.07, 6.45) is 0.757. The number of morpholine rings is 1. The van der Waals surface area contributed by atoms with Crippen molar-refractivity contribution in [2.75, 3.05) is 46.7 Å². The SMILES string of the molecule is CCOCC1CC2(COCCN2C(=O)c2ccc(OC)cc2)CO1. The Hall–Kier alpha value is -1.63. The molecule has 1 amide bonds. The minimum Gasteiger partial charge on any atom is -0.497 e. The van der Waals surface area contributed by atoms with E-state index >= 15 is 0 Å². The van der Waals surface area contributed by atoms with Gasteiger partial charge in [0.05, 0.1) is 45.2 Å². The van der Waals surface area contributed by atoms with Gasteiger partial charge in [-0.3, -0.25) is 4.79 Å². The molecule has 2 aliphatic rings. The van der Waals surface area contributed by atoms with Gasteiger partial charge in [0.2, 0.25) is 0 Å². The minimum atomic E-state index is -0.392. The van der Waals surface area contributed by atoms with Gasteiger partial charge in [0.1, 0.15) is 5.75 Å². The van der Waals surface area contributed by atoms with Gasteiger partial charge in [-0.2, -0.15) is 0 Å². The van der Waals surface area contributed by atoms with Crippen LogP contribution in [0.25, 0.3) is 0 Å². The lowest BCUT2D eigenvalue weighted by Gasteiger charge is -2.43. The Balaban J connectivity index is 1.75. The first-order valence-electron chi connectivity index (χ1n) is 8.41. The molecule has 2 heterocycles. The summed E-state index contributed by atoms with van der Waals surface area (Å²) in [6, 6.07) is 7.22. The Bertz CT molecular complexity index is 561. The van der Waals surface area contributed by atoms with Crippen LogP contribution in [0.5, 0.6) is 5.75 Å². The number of amides is 1. The molecule has 1 spiro atoms. The van der Waals surface area contributed by atoms with Crippen molar-refractivity contribution < 1.29 is 23.7 Å². The lowest BCUT2D eigenvalue weighted by atomic mass is 9.92. The quantitative estimate of drug-likeness (QED) is 0.820. The third-order valence-corrected chi connectivity index (χ3v) is 4.69. The molecule has 132 valence electrons. The molecule has 2 unspecified atom stereocenters. The topological polar surface area (TPSA) is 57.2 Å². The molecule has 2 atom stereocenters. The number of ether oxygens (including phenoxy) is 4. The molecular formula is C18H25NO5. The van der Waals surface area contributed by atoms with Gasteiger partial charge in [-0.1, -0.05) is 0 Å². The number of nitrogens with zero attached hydrogens (tertiary/aromatic N) is 1. The van der Waals surface area contributed by atoms with Crippen LogP contribution >= 0.6 is 0 Å². The Kier molecular flexibility index (Phi) is 5.38. The van der Waals surface area contributed by atoms with Gasteiger partial charge in [-0.25, -0.2) is 0 Å². The minimum absolute atomic E-state index is 0.0119. The van der Waals surface area contributed by atoms with Crippen LogP contribution in [0, 0.1) is 0 Å². The second-order valence-corrected chi connectivity index (χ2v) is 6.26. The summed E-state index contributed by atoms with van der Waals surface area (Å²) in [7, 11) is 1.61. The monoisotopic (exact) mass is 335 g/mol. The Morgan fingerprint density at radius 3 is 2.83 bits per heavy atom. The fraction of sp³-hybridized carbons (Fsp3) is 0.611. The van der Waals surface area contributed by atoms with E-state index in [-0.39, 0.29) is 12.0 Å². The molecule has 2 fully saturated rings. The Morgan fingerprint density at radius 2 is 2.12 bits per heavy atom. The maximum absolute atomic E-state index is 13.0. The smallest absolute Gasteiger partial charge is 0.254 e. The molecule has 0 radical (unpaired) electrons. The molecule has 0 aliphatic carbocycles. The van der Waals surface area contributed by atoms with Crippen molar-refractivity contribution >= 4 is 5.91 Å². The molecule has 0 saturated carbocycles. The van der Waals surface area contributed by atoms with Crippen LogP contribution in [0.15, 0.2) is 24.3 Å². The van der Waals surface area contributed by atoms with Crippen LogP contribution in [0.3, 0.4) is 0 Å². The fourth-order valence-corrected chi connectivity index (χ4v) is 3.40. The summed E-state index contributed by atoms with van der Waals surface area (Å²) in [5, 5.41) is 0. The van der Waals surface area contributed by atoms with E-state index in [1.165, 1.54) is 0 Å². The molecule has 1 aromatic carbocycles. The normalized spacial score (nSPS) is 26.8. The van der Waals surface area contributed by atoms with E-state index in [0.29, 0.717) is 45.1 Å². The number of hydrogen-bond acceptors (Lipinski definition) is 5. The van der Waals surface area contributed by atoms with Crippen LogP contribution in [0.1, 0.15) is 23.7 Å². The second kappa shape index (κ2) is 7.51. The zero-order valence-electron chi connectivity index (χ0n) is 14.3. The van der Waals surface area contributed by atoms with Crippen molar-refractivity contribution in [3.63, 3.8) is 0 Å². The first-order chi connectivity index (χ1) is 11.7. The van der Waals surface area contributed by atoms with Crippen LogP contribution in [0.2, 0.25) is 0 Å². The molecule has 2 saturated heterocycles. The third kappa shape index (κ3) is 3.41. The first-order valence-corrected chi connectivity index (χ1v) is 8.41. The van der Waals surface area contributed by atoms with E-state index in [1.54, 1.807) is 19.2 Å². The number of rotatable bonds is 5. The molecule has 3 rings (SSSR count). The molecule has 6 nitrogen and oxygen atoms in total. The summed E-state index contributed by atoms with van der Waals surface area (Å²) < 4.78 is 22.2. The highest BCUT2D eigenvalue weighted by Crippen LogP contribution is 2.34. The van der Waals surface area contributed by atoms with Gasteiger partial charge in [-0.15, -0.1) is 0 Å². The van der Waals surface area contributed by atoms with E-state index in [1.807, 2.05) is 24.0 Å². The fourth-order valence-electron chi connectivity index (χ4n) is 3.40. The summed E-state index contributed by atoms with van der Waals surface area (Å²) in [6.45, 7) is 5.33. The van der Waals surface area contributed by atoms with Crippen molar-refractivity contribution in [1.29, 1.82) is 0 Å². The molecule has 0 N–H and O–H groups in total. The van der Waals surface area contributed by atoms with E-state index in [2.05, 4.69) is 0 Å². The highest BCUT2D eigenvalue weighted by molar-refractivity contribution is 5.95. The molecule has 6 heteroatoms. The van der Waals surface area contributed by atoms with Crippen molar-refractivity contribution in [3.8, 4) is 5.75 Å². The maximum atomic E-state index is 13.0. The highest BCUT2D eigenvalue weighted by Gasteiger charge is 2.49. The average molecular weight is 335 g/mol. The van der Waals surface area contributed by atoms with E-state index in [9.17, 15) is 4.79 Å². The lowest BCUT2D eigenvalue weighted by Crippen LogP contribution is -2.59. The summed E-state index contributed by atoms with van der Waals surface area (Å²) in [5.41, 5.74) is 0.266. The van der Waals surface area contributed by atoms with Gasteiger partial charge in [0.15, 0.2) is 0 Å². The number of carbonyl (C=O) groups is 1. The van der Waals surface area contributed by atoms with Gasteiger partial charge >= 0.3 is 0 Å². The number of methoxy groups -OCH3 is 1. The van der Waals surface area contributed by atoms with E-state index < -0.39 is 5.54 Å². The maximum Gasteiger partial charge on any atom is 0.254 e. The Morgan fingerprint density at radius 1 is 1.33 bits per heavy atom. The predicted octanol–water partition coefficient (Wildman–Crippen LogP) is 1.73. The standard InChI is InChI=1S/C18H25NO5/c1-3-22-11-16-10-18(13-24-16)12-23-9-8-19(18)17(20)14-4-6-15(21-2)7-5-14/h4-7,16H,3,8-13H2,1-2H3. The van der Waals surface area contributed by atoms with Gasteiger partial charge in [-0.05, 0) is 31.2 Å². The van der Waals surface area contributed by atoms with Gasteiger partial charge < -0.3 is 23.8 Å². The predicted molar refractivity (Wildman–Crippen MR) is 88.4 cm³/mol. The van der Waals surface area contributed by atoms with E-state index in [0.717, 1.165) is 12.2 Å². The van der Waals surface area contributed by atoms with Crippen molar-refractivity contribution in [2.45, 2.75) is 25.0 Å². The molecule has 2 aliphatic heterocycles. The van der Waals surface area contributed by atoms with Crippen molar-refractivity contribution in [3.05, 3.63) is 29.8 Å². The summed E-state index contributed by atoms with van der Waals surface area (Å²) in [4.78, 5) is 14.9. The first kappa shape index (κ1) is 17.2. The summed E-state index contributed by atoms with van der Waals surface area (Å²) >= 11 is 0. The Labute approximate surface area is 142 Å². The molecule has 0 bridgehead atoms. The second-order valence-electron chi connectivity index (χ2n) is 6.26. The lowest BCUT2D eigenvalue weighted by molar-refractivity contribution is -0.0559. The number of carbonyl (C=O) groups excluding carboxylic acids is 1.